The predicted molar refractivity (Wildman–Crippen MR) is 90.5 cm³/mol. The Morgan fingerprint density at radius 3 is 2.33 bits per heavy atom. The number of nitrogens with zero attached hydrogens (tertiary/aromatic N) is 1. The zero-order valence-corrected chi connectivity index (χ0v) is 14.9. The van der Waals surface area contributed by atoms with E-state index in [1.807, 2.05) is 0 Å². The highest BCUT2D eigenvalue weighted by atomic mass is 15.3. The molecule has 21 heavy (non-hydrogen) atoms. The summed E-state index contributed by atoms with van der Waals surface area (Å²) in [6.07, 6.45) is 8.57. The van der Waals surface area contributed by atoms with Gasteiger partial charge in [-0.1, -0.05) is 40.5 Å². The lowest BCUT2D eigenvalue weighted by molar-refractivity contribution is -0.0407. The van der Waals surface area contributed by atoms with Crippen molar-refractivity contribution >= 4 is 0 Å². The Hall–Kier alpha value is -0.0800. The van der Waals surface area contributed by atoms with E-state index < -0.39 is 0 Å². The molecule has 1 aliphatic heterocycles. The molecule has 0 bridgehead atoms. The molecule has 0 aromatic carbocycles. The van der Waals surface area contributed by atoms with Gasteiger partial charge in [0.05, 0.1) is 0 Å². The molecule has 0 amide bonds. The molecule has 3 aliphatic rings. The van der Waals surface area contributed by atoms with Crippen LogP contribution in [0.2, 0.25) is 0 Å². The lowest BCUT2D eigenvalue weighted by atomic mass is 9.71. The smallest absolute Gasteiger partial charge is 0.0309 e. The standard InChI is InChI=1S/C19H36N2/c1-14(2)16-12-20-19(5,15-9-10-15)13-21(16)17-8-6-7-11-18(17,3)4/h14-17,20H,6-13H2,1-5H3. The van der Waals surface area contributed by atoms with Crippen LogP contribution in [0.4, 0.5) is 0 Å². The molecule has 0 spiro atoms. The van der Waals surface area contributed by atoms with E-state index in [1.165, 1.54) is 51.6 Å². The van der Waals surface area contributed by atoms with E-state index in [4.69, 9.17) is 0 Å². The molecule has 0 aromatic rings. The van der Waals surface area contributed by atoms with Crippen molar-refractivity contribution < 1.29 is 0 Å². The Bertz CT molecular complexity index is 372. The first-order valence-corrected chi connectivity index (χ1v) is 9.34. The maximum atomic E-state index is 3.94. The normalized spacial score (nSPS) is 41.4. The van der Waals surface area contributed by atoms with Gasteiger partial charge in [0.1, 0.15) is 0 Å². The maximum absolute atomic E-state index is 3.94. The van der Waals surface area contributed by atoms with Crippen molar-refractivity contribution in [3.05, 3.63) is 0 Å². The lowest BCUT2D eigenvalue weighted by Crippen LogP contribution is -2.68. The molecule has 2 nitrogen and oxygen atoms in total. The molecule has 2 heteroatoms. The van der Waals surface area contributed by atoms with Crippen molar-refractivity contribution in [1.82, 2.24) is 10.2 Å². The molecular weight excluding hydrogens is 256 g/mol. The van der Waals surface area contributed by atoms with Crippen LogP contribution < -0.4 is 5.32 Å². The van der Waals surface area contributed by atoms with Gasteiger partial charge in [-0.2, -0.15) is 0 Å². The maximum Gasteiger partial charge on any atom is 0.0309 e. The van der Waals surface area contributed by atoms with Crippen molar-refractivity contribution in [1.29, 1.82) is 0 Å². The fourth-order valence-corrected chi connectivity index (χ4v) is 5.05. The van der Waals surface area contributed by atoms with Gasteiger partial charge < -0.3 is 5.32 Å². The van der Waals surface area contributed by atoms with Crippen LogP contribution in [0, 0.1) is 17.3 Å². The van der Waals surface area contributed by atoms with Crippen LogP contribution >= 0.6 is 0 Å². The average Bonchev–Trinajstić information content (AvgIpc) is 3.22. The summed E-state index contributed by atoms with van der Waals surface area (Å²) >= 11 is 0. The fourth-order valence-electron chi connectivity index (χ4n) is 5.05. The summed E-state index contributed by atoms with van der Waals surface area (Å²) < 4.78 is 0. The summed E-state index contributed by atoms with van der Waals surface area (Å²) in [6, 6.07) is 1.51. The lowest BCUT2D eigenvalue weighted by Gasteiger charge is -2.55. The summed E-state index contributed by atoms with van der Waals surface area (Å²) in [5.41, 5.74) is 0.867. The van der Waals surface area contributed by atoms with E-state index >= 15 is 0 Å². The van der Waals surface area contributed by atoms with Gasteiger partial charge in [-0.05, 0) is 49.9 Å². The van der Waals surface area contributed by atoms with Crippen molar-refractivity contribution in [2.45, 2.75) is 90.8 Å². The third-order valence-corrected chi connectivity index (χ3v) is 6.75. The SMILES string of the molecule is CC(C)C1CNC(C)(C2CC2)CN1C1CCCCC1(C)C. The van der Waals surface area contributed by atoms with Crippen molar-refractivity contribution in [2.24, 2.45) is 17.3 Å². The van der Waals surface area contributed by atoms with Crippen LogP contribution in [0.15, 0.2) is 0 Å². The molecule has 3 rings (SSSR count). The Morgan fingerprint density at radius 1 is 1.05 bits per heavy atom. The highest BCUT2D eigenvalue weighted by Gasteiger charge is 2.50. The number of hydrogen-bond acceptors (Lipinski definition) is 2. The molecule has 1 saturated heterocycles. The third kappa shape index (κ3) is 3.03. The first-order chi connectivity index (χ1) is 9.83. The second-order valence-electron chi connectivity index (χ2n) is 9.31. The van der Waals surface area contributed by atoms with E-state index in [2.05, 4.69) is 44.8 Å². The van der Waals surface area contributed by atoms with Crippen LogP contribution in [-0.4, -0.2) is 35.6 Å². The predicted octanol–water partition coefficient (Wildman–Crippen LogP) is 4.05. The number of hydrogen-bond donors (Lipinski definition) is 1. The zero-order chi connectivity index (χ0) is 15.3. The summed E-state index contributed by atoms with van der Waals surface area (Å²) in [4.78, 5) is 2.94. The van der Waals surface area contributed by atoms with E-state index in [9.17, 15) is 0 Å². The van der Waals surface area contributed by atoms with Crippen LogP contribution in [0.25, 0.3) is 0 Å². The Labute approximate surface area is 132 Å². The average molecular weight is 293 g/mol. The monoisotopic (exact) mass is 292 g/mol. The van der Waals surface area contributed by atoms with Crippen molar-refractivity contribution in [3.8, 4) is 0 Å². The molecule has 2 aliphatic carbocycles. The van der Waals surface area contributed by atoms with Crippen LogP contribution in [0.3, 0.4) is 0 Å². The molecule has 3 fully saturated rings. The summed E-state index contributed by atoms with van der Waals surface area (Å²) in [7, 11) is 0. The van der Waals surface area contributed by atoms with Gasteiger partial charge in [-0.3, -0.25) is 4.90 Å². The van der Waals surface area contributed by atoms with Crippen LogP contribution in [-0.2, 0) is 0 Å². The molecule has 1 N–H and O–H groups in total. The van der Waals surface area contributed by atoms with Gasteiger partial charge in [0, 0.05) is 30.7 Å². The molecule has 3 unspecified atom stereocenters. The van der Waals surface area contributed by atoms with Gasteiger partial charge >= 0.3 is 0 Å². The largest absolute Gasteiger partial charge is 0.308 e. The molecule has 122 valence electrons. The first-order valence-electron chi connectivity index (χ1n) is 9.34. The van der Waals surface area contributed by atoms with Crippen LogP contribution in [0.1, 0.15) is 73.1 Å². The van der Waals surface area contributed by atoms with E-state index in [0.29, 0.717) is 11.0 Å². The fraction of sp³-hybridized carbons (Fsp3) is 1.00. The van der Waals surface area contributed by atoms with Gasteiger partial charge in [0.25, 0.3) is 0 Å². The topological polar surface area (TPSA) is 15.3 Å². The number of nitrogens with one attached hydrogen (secondary N) is 1. The second kappa shape index (κ2) is 5.53. The van der Waals surface area contributed by atoms with Crippen LogP contribution in [0.5, 0.6) is 0 Å². The van der Waals surface area contributed by atoms with Gasteiger partial charge in [0.2, 0.25) is 0 Å². The van der Waals surface area contributed by atoms with Gasteiger partial charge in [-0.25, -0.2) is 0 Å². The number of rotatable bonds is 3. The molecule has 1 heterocycles. The zero-order valence-electron chi connectivity index (χ0n) is 14.9. The Balaban J connectivity index is 1.82. The number of piperazine rings is 1. The first kappa shape index (κ1) is 15.8. The van der Waals surface area contributed by atoms with E-state index in [-0.39, 0.29) is 0 Å². The van der Waals surface area contributed by atoms with Gasteiger partial charge in [-0.15, -0.1) is 0 Å². The summed E-state index contributed by atoms with van der Waals surface area (Å²) in [5.74, 6) is 1.68. The van der Waals surface area contributed by atoms with E-state index in [0.717, 1.165) is 23.9 Å². The van der Waals surface area contributed by atoms with Crippen molar-refractivity contribution in [2.75, 3.05) is 13.1 Å². The minimum atomic E-state index is 0.374. The third-order valence-electron chi connectivity index (χ3n) is 6.75. The second-order valence-corrected chi connectivity index (χ2v) is 9.31. The Kier molecular flexibility index (Phi) is 4.16. The minimum absolute atomic E-state index is 0.374. The highest BCUT2D eigenvalue weighted by molar-refractivity contribution is 5.07. The molecule has 0 aromatic heterocycles. The van der Waals surface area contributed by atoms with Gasteiger partial charge in [0.15, 0.2) is 0 Å². The molecule has 0 radical (unpaired) electrons. The molecular formula is C19H36N2. The summed E-state index contributed by atoms with van der Waals surface area (Å²) in [6.45, 7) is 14.8. The van der Waals surface area contributed by atoms with Crippen molar-refractivity contribution in [3.63, 3.8) is 0 Å². The Morgan fingerprint density at radius 2 is 1.76 bits per heavy atom. The summed E-state index contributed by atoms with van der Waals surface area (Å²) in [5, 5.41) is 3.94. The molecule has 3 atom stereocenters. The van der Waals surface area contributed by atoms with E-state index in [1.54, 1.807) is 0 Å². The highest BCUT2D eigenvalue weighted by Crippen LogP contribution is 2.45. The minimum Gasteiger partial charge on any atom is -0.308 e. The quantitative estimate of drug-likeness (QED) is 0.844. The molecule has 2 saturated carbocycles.